The third-order valence-corrected chi connectivity index (χ3v) is 8.89. The van der Waals surface area contributed by atoms with E-state index in [0.29, 0.717) is 30.9 Å². The van der Waals surface area contributed by atoms with Crippen LogP contribution in [0, 0.1) is 11.3 Å². The fourth-order valence-electron chi connectivity index (χ4n) is 4.44. The summed E-state index contributed by atoms with van der Waals surface area (Å²) in [6, 6.07) is 8.94. The fraction of sp³-hybridized carbons (Fsp3) is 0.480. The first-order chi connectivity index (χ1) is 16.1. The quantitative estimate of drug-likeness (QED) is 0.636. The number of nitrogens with one attached hydrogen (secondary N) is 1. The Labute approximate surface area is 202 Å². The smallest absolute Gasteiger partial charge is 0.270 e. The first-order valence-corrected chi connectivity index (χ1v) is 12.6. The number of rotatable bonds is 6. The lowest BCUT2D eigenvalue weighted by Gasteiger charge is -2.43. The standard InChI is InChI=1S/C25H30N4O4S/c1-24(2,3)34(33)25(10-11-25)16-28-12-13-29-20(23(28)32)9-8-19(22(29)31)21(30)27-15-18-6-4-17(14-26)5-7-18/h4-9,22,31H,10-13,15-16H2,1-3H3,(H,27,30). The van der Waals surface area contributed by atoms with E-state index in [1.165, 1.54) is 6.08 Å². The molecule has 180 valence electrons. The number of hydrogen-bond donors (Lipinski definition) is 2. The maximum absolute atomic E-state index is 13.2. The molecule has 1 aliphatic carbocycles. The number of carbonyl (C=O) groups is 2. The normalized spacial score (nSPS) is 22.2. The van der Waals surface area contributed by atoms with E-state index in [1.807, 2.05) is 26.8 Å². The molecule has 0 spiro atoms. The predicted molar refractivity (Wildman–Crippen MR) is 128 cm³/mol. The van der Waals surface area contributed by atoms with Crippen molar-refractivity contribution in [3.63, 3.8) is 0 Å². The minimum absolute atomic E-state index is 0.172. The second-order valence-corrected chi connectivity index (χ2v) is 12.7. The number of benzene rings is 1. The lowest BCUT2D eigenvalue weighted by atomic mass is 10.0. The van der Waals surface area contributed by atoms with Gasteiger partial charge in [0.1, 0.15) is 5.70 Å². The molecule has 9 heteroatoms. The van der Waals surface area contributed by atoms with Crippen molar-refractivity contribution in [2.45, 2.75) is 55.9 Å². The summed E-state index contributed by atoms with van der Waals surface area (Å²) in [5.74, 6) is -0.629. The van der Waals surface area contributed by atoms with E-state index in [1.54, 1.807) is 40.1 Å². The summed E-state index contributed by atoms with van der Waals surface area (Å²) in [6.07, 6.45) is 3.54. The van der Waals surface area contributed by atoms with Gasteiger partial charge in [0.05, 0.1) is 22.0 Å². The van der Waals surface area contributed by atoms with Gasteiger partial charge in [-0.15, -0.1) is 0 Å². The summed E-state index contributed by atoms with van der Waals surface area (Å²) < 4.78 is 12.3. The minimum Gasteiger partial charge on any atom is -0.369 e. The molecule has 2 unspecified atom stereocenters. The van der Waals surface area contributed by atoms with Crippen LogP contribution in [0.3, 0.4) is 0 Å². The van der Waals surface area contributed by atoms with Gasteiger partial charge in [0.25, 0.3) is 11.8 Å². The Morgan fingerprint density at radius 2 is 1.91 bits per heavy atom. The second kappa shape index (κ2) is 9.01. The molecule has 0 radical (unpaired) electrons. The second-order valence-electron chi connectivity index (χ2n) is 10.0. The molecule has 2 amide bonds. The summed E-state index contributed by atoms with van der Waals surface area (Å²) in [7, 11) is -1.06. The van der Waals surface area contributed by atoms with E-state index < -0.39 is 22.9 Å². The Bertz CT molecular complexity index is 1120. The summed E-state index contributed by atoms with van der Waals surface area (Å²) in [5.41, 5.74) is 1.89. The van der Waals surface area contributed by atoms with Gasteiger partial charge < -0.3 is 20.2 Å². The van der Waals surface area contributed by atoms with E-state index in [9.17, 15) is 18.9 Å². The van der Waals surface area contributed by atoms with Crippen LogP contribution in [0.5, 0.6) is 0 Å². The summed E-state index contributed by atoms with van der Waals surface area (Å²) in [6.45, 7) is 7.36. The largest absolute Gasteiger partial charge is 0.369 e. The lowest BCUT2D eigenvalue weighted by molar-refractivity contribution is -0.135. The maximum Gasteiger partial charge on any atom is 0.270 e. The molecular formula is C25H30N4O4S. The minimum atomic E-state index is -1.22. The molecular weight excluding hydrogens is 452 g/mol. The van der Waals surface area contributed by atoms with Gasteiger partial charge in [-0.2, -0.15) is 5.26 Å². The molecule has 0 aromatic heterocycles. The molecule has 4 rings (SSSR count). The molecule has 2 fully saturated rings. The zero-order valence-electron chi connectivity index (χ0n) is 19.7. The van der Waals surface area contributed by atoms with Crippen molar-refractivity contribution >= 4 is 22.6 Å². The highest BCUT2D eigenvalue weighted by atomic mass is 32.2. The molecule has 1 aromatic rings. The highest BCUT2D eigenvalue weighted by molar-refractivity contribution is 7.88. The van der Waals surface area contributed by atoms with Crippen LogP contribution in [0.25, 0.3) is 0 Å². The van der Waals surface area contributed by atoms with Crippen molar-refractivity contribution in [3.8, 4) is 6.07 Å². The van der Waals surface area contributed by atoms with Crippen LogP contribution in [-0.4, -0.2) is 66.3 Å². The molecule has 2 N–H and O–H groups in total. The maximum atomic E-state index is 13.2. The van der Waals surface area contributed by atoms with Gasteiger partial charge in [0.2, 0.25) is 0 Å². The number of aliphatic hydroxyl groups is 1. The van der Waals surface area contributed by atoms with Gasteiger partial charge in [-0.3, -0.25) is 13.8 Å². The SMILES string of the molecule is CC(C)(C)S(=O)C1(CN2CCN3C(=CC=C(C(=O)NCc4ccc(C#N)cc4)C3O)C2=O)CC1. The van der Waals surface area contributed by atoms with Crippen molar-refractivity contribution in [3.05, 3.63) is 58.8 Å². The molecule has 0 bridgehead atoms. The number of fused-ring (bicyclic) bond motifs is 1. The molecule has 2 heterocycles. The van der Waals surface area contributed by atoms with Crippen LogP contribution in [0.15, 0.2) is 47.7 Å². The van der Waals surface area contributed by atoms with E-state index in [2.05, 4.69) is 5.32 Å². The zero-order valence-corrected chi connectivity index (χ0v) is 20.5. The molecule has 2 aliphatic heterocycles. The number of carbonyl (C=O) groups excluding carboxylic acids is 2. The number of nitriles is 1. The first kappa shape index (κ1) is 24.2. The molecule has 34 heavy (non-hydrogen) atoms. The third kappa shape index (κ3) is 4.65. The van der Waals surface area contributed by atoms with Gasteiger partial charge in [-0.1, -0.05) is 12.1 Å². The van der Waals surface area contributed by atoms with E-state index in [-0.39, 0.29) is 27.5 Å². The number of amides is 2. The Morgan fingerprint density at radius 1 is 1.24 bits per heavy atom. The number of hydrogen-bond acceptors (Lipinski definition) is 6. The summed E-state index contributed by atoms with van der Waals surface area (Å²) >= 11 is 0. The number of allylic oxidation sites excluding steroid dienone is 2. The van der Waals surface area contributed by atoms with Gasteiger partial charge >= 0.3 is 0 Å². The van der Waals surface area contributed by atoms with E-state index in [4.69, 9.17) is 5.26 Å². The fourth-order valence-corrected chi connectivity index (χ4v) is 6.49. The Morgan fingerprint density at radius 3 is 2.50 bits per heavy atom. The topological polar surface area (TPSA) is 114 Å². The van der Waals surface area contributed by atoms with Crippen molar-refractivity contribution in [2.24, 2.45) is 0 Å². The van der Waals surface area contributed by atoms with Gasteiger partial charge in [-0.25, -0.2) is 0 Å². The number of nitrogens with zero attached hydrogens (tertiary/aromatic N) is 3. The van der Waals surface area contributed by atoms with Crippen molar-refractivity contribution in [2.75, 3.05) is 19.6 Å². The summed E-state index contributed by atoms with van der Waals surface area (Å²) in [4.78, 5) is 29.2. The Hall–Kier alpha value is -2.96. The monoisotopic (exact) mass is 482 g/mol. The molecule has 1 saturated heterocycles. The highest BCUT2D eigenvalue weighted by Crippen LogP contribution is 2.46. The Balaban J connectivity index is 1.43. The van der Waals surface area contributed by atoms with Crippen LogP contribution >= 0.6 is 0 Å². The summed E-state index contributed by atoms with van der Waals surface area (Å²) in [5, 5.41) is 22.5. The molecule has 1 saturated carbocycles. The van der Waals surface area contributed by atoms with Crippen molar-refractivity contribution < 1.29 is 18.9 Å². The van der Waals surface area contributed by atoms with Crippen molar-refractivity contribution in [1.82, 2.24) is 15.1 Å². The number of aliphatic hydroxyl groups excluding tert-OH is 1. The highest BCUT2D eigenvalue weighted by Gasteiger charge is 2.54. The average Bonchev–Trinajstić information content (AvgIpc) is 3.59. The van der Waals surface area contributed by atoms with Crippen LogP contribution in [-0.2, 0) is 26.9 Å². The van der Waals surface area contributed by atoms with Crippen molar-refractivity contribution in [1.29, 1.82) is 5.26 Å². The van der Waals surface area contributed by atoms with Gasteiger partial charge in [-0.05, 0) is 63.5 Å². The molecule has 3 aliphatic rings. The van der Waals surface area contributed by atoms with Crippen LogP contribution in [0.1, 0.15) is 44.7 Å². The lowest BCUT2D eigenvalue weighted by Crippen LogP contribution is -2.56. The third-order valence-electron chi connectivity index (χ3n) is 6.46. The van der Waals surface area contributed by atoms with Crippen LogP contribution in [0.2, 0.25) is 0 Å². The zero-order chi connectivity index (χ0) is 24.7. The molecule has 2 atom stereocenters. The first-order valence-electron chi connectivity index (χ1n) is 11.4. The van der Waals surface area contributed by atoms with Gasteiger partial charge in [0, 0.05) is 41.7 Å². The van der Waals surface area contributed by atoms with Crippen LogP contribution < -0.4 is 5.32 Å². The van der Waals surface area contributed by atoms with Gasteiger partial charge in [0.15, 0.2) is 6.23 Å². The number of piperazine rings is 1. The van der Waals surface area contributed by atoms with E-state index in [0.717, 1.165) is 18.4 Å². The Kier molecular flexibility index (Phi) is 6.40. The predicted octanol–water partition coefficient (Wildman–Crippen LogP) is 1.54. The average molecular weight is 483 g/mol. The van der Waals surface area contributed by atoms with E-state index >= 15 is 0 Å². The molecule has 8 nitrogen and oxygen atoms in total. The van der Waals surface area contributed by atoms with Crippen LogP contribution in [0.4, 0.5) is 0 Å². The molecule has 1 aromatic carbocycles.